The van der Waals surface area contributed by atoms with Crippen LogP contribution in [-0.2, 0) is 22.6 Å². The minimum absolute atomic E-state index is 0.0494. The normalized spacial score (nSPS) is 12.2. The van der Waals surface area contributed by atoms with Crippen LogP contribution in [0.5, 0.6) is 0 Å². The smallest absolute Gasteiger partial charge is 0.434 e. The van der Waals surface area contributed by atoms with Gasteiger partial charge in [0.25, 0.3) is 0 Å². The van der Waals surface area contributed by atoms with E-state index >= 15 is 4.39 Å². The minimum atomic E-state index is -4.69. The molecule has 3 aromatic heterocycles. The summed E-state index contributed by atoms with van der Waals surface area (Å²) in [7, 11) is -3.93. The highest BCUT2D eigenvalue weighted by atomic mass is 32.2. The Bertz CT molecular complexity index is 1950. The summed E-state index contributed by atoms with van der Waals surface area (Å²) < 4.78 is 87.8. The Balaban J connectivity index is 1.82. The van der Waals surface area contributed by atoms with Crippen LogP contribution in [0.1, 0.15) is 28.7 Å². The molecule has 0 spiro atoms. The number of oxazole rings is 1. The largest absolute Gasteiger partial charge is 0.440 e. The van der Waals surface area contributed by atoms with Crippen molar-refractivity contribution in [1.29, 1.82) is 0 Å². The Labute approximate surface area is 238 Å². The molecule has 0 radical (unpaired) electrons. The molecule has 13 heteroatoms. The zero-order valence-electron chi connectivity index (χ0n) is 22.8. The van der Waals surface area contributed by atoms with E-state index in [1.807, 2.05) is 0 Å². The molecule has 0 unspecified atom stereocenters. The van der Waals surface area contributed by atoms with Gasteiger partial charge in [0, 0.05) is 48.0 Å². The lowest BCUT2D eigenvalue weighted by molar-refractivity contribution is -0.141. The number of nitrogens with zero attached hydrogens (tertiary/aromatic N) is 4. The first kappa shape index (κ1) is 29.1. The highest BCUT2D eigenvalue weighted by Crippen LogP contribution is 2.40. The monoisotopic (exact) mass is 600 g/mol. The third-order valence-electron chi connectivity index (χ3n) is 6.72. The van der Waals surface area contributed by atoms with Crippen LogP contribution in [0.2, 0.25) is 0 Å². The van der Waals surface area contributed by atoms with Crippen molar-refractivity contribution < 1.29 is 35.5 Å². The molecule has 0 fully saturated rings. The van der Waals surface area contributed by atoms with Gasteiger partial charge >= 0.3 is 6.18 Å². The number of halogens is 4. The van der Waals surface area contributed by atoms with E-state index in [1.54, 1.807) is 38.2 Å². The van der Waals surface area contributed by atoms with Gasteiger partial charge in [0.05, 0.1) is 17.2 Å². The summed E-state index contributed by atoms with van der Waals surface area (Å²) in [6, 6.07) is 10.4. The maximum Gasteiger partial charge on any atom is 0.434 e. The number of aliphatic hydroxyl groups is 1. The van der Waals surface area contributed by atoms with Gasteiger partial charge in [0.2, 0.25) is 0 Å². The lowest BCUT2D eigenvalue weighted by Crippen LogP contribution is -2.06. The summed E-state index contributed by atoms with van der Waals surface area (Å²) in [5.41, 5.74) is 1.11. The first-order valence-electron chi connectivity index (χ1n) is 12.5. The van der Waals surface area contributed by atoms with Crippen molar-refractivity contribution in [3.63, 3.8) is 0 Å². The summed E-state index contributed by atoms with van der Waals surface area (Å²) in [6.07, 6.45) is -1.31. The summed E-state index contributed by atoms with van der Waals surface area (Å²) in [6.45, 7) is 3.98. The van der Waals surface area contributed by atoms with Crippen LogP contribution < -0.4 is 0 Å². The molecular weight excluding hydrogens is 576 g/mol. The predicted molar refractivity (Wildman–Crippen MR) is 146 cm³/mol. The van der Waals surface area contributed by atoms with Gasteiger partial charge in [-0.05, 0) is 61.4 Å². The molecule has 0 aliphatic heterocycles. The molecule has 5 rings (SSSR count). The fourth-order valence-electron chi connectivity index (χ4n) is 4.75. The van der Waals surface area contributed by atoms with Crippen molar-refractivity contribution >= 4 is 9.84 Å². The van der Waals surface area contributed by atoms with Crippen LogP contribution in [0.15, 0.2) is 64.2 Å². The van der Waals surface area contributed by atoms with Crippen LogP contribution in [0.3, 0.4) is 0 Å². The van der Waals surface area contributed by atoms with E-state index in [4.69, 9.17) is 4.42 Å². The van der Waals surface area contributed by atoms with Crippen LogP contribution in [0.25, 0.3) is 39.4 Å². The van der Waals surface area contributed by atoms with Crippen molar-refractivity contribution in [3.05, 3.63) is 89.3 Å². The number of imidazole rings is 1. The van der Waals surface area contributed by atoms with Crippen molar-refractivity contribution in [2.75, 3.05) is 6.26 Å². The lowest BCUT2D eigenvalue weighted by atomic mass is 9.97. The molecular formula is C29H24F4N4O4S. The number of hydrogen-bond acceptors (Lipinski definition) is 7. The van der Waals surface area contributed by atoms with Crippen molar-refractivity contribution in [2.24, 2.45) is 0 Å². The van der Waals surface area contributed by atoms with Crippen LogP contribution in [0, 0.1) is 26.6 Å². The quantitative estimate of drug-likeness (QED) is 0.230. The third-order valence-corrected chi connectivity index (χ3v) is 7.88. The number of benzene rings is 2. The molecule has 3 heterocycles. The number of sulfone groups is 1. The molecule has 0 bridgehead atoms. The molecule has 2 aromatic carbocycles. The van der Waals surface area contributed by atoms with Gasteiger partial charge in [0.1, 0.15) is 17.3 Å². The Morgan fingerprint density at radius 2 is 1.74 bits per heavy atom. The lowest BCUT2D eigenvalue weighted by Gasteiger charge is -2.15. The van der Waals surface area contributed by atoms with E-state index in [0.717, 1.165) is 18.5 Å². The van der Waals surface area contributed by atoms with Gasteiger partial charge in [-0.15, -0.1) is 0 Å². The predicted octanol–water partition coefficient (Wildman–Crippen LogP) is 6.24. The minimum Gasteiger partial charge on any atom is -0.440 e. The summed E-state index contributed by atoms with van der Waals surface area (Å²) >= 11 is 0. The number of aromatic nitrogens is 4. The number of hydrogen-bond donors (Lipinski definition) is 1. The zero-order valence-corrected chi connectivity index (χ0v) is 23.6. The fourth-order valence-corrected chi connectivity index (χ4v) is 5.70. The summed E-state index contributed by atoms with van der Waals surface area (Å²) in [4.78, 5) is 12.2. The van der Waals surface area contributed by atoms with E-state index < -0.39 is 34.1 Å². The average molecular weight is 601 g/mol. The van der Waals surface area contributed by atoms with Gasteiger partial charge in [-0.1, -0.05) is 6.07 Å². The Morgan fingerprint density at radius 1 is 1.00 bits per heavy atom. The number of alkyl halides is 3. The van der Waals surface area contributed by atoms with Gasteiger partial charge in [-0.2, -0.15) is 13.2 Å². The number of aryl methyl sites for hydroxylation is 3. The highest BCUT2D eigenvalue weighted by Gasteiger charge is 2.35. The highest BCUT2D eigenvalue weighted by molar-refractivity contribution is 7.90. The molecule has 0 saturated carbocycles. The molecule has 8 nitrogen and oxygen atoms in total. The Hall–Kier alpha value is -4.36. The van der Waals surface area contributed by atoms with Crippen molar-refractivity contribution in [3.8, 4) is 39.4 Å². The third kappa shape index (κ3) is 5.32. The summed E-state index contributed by atoms with van der Waals surface area (Å²) in [5.74, 6) is -0.293. The maximum absolute atomic E-state index is 15.0. The van der Waals surface area contributed by atoms with Crippen LogP contribution in [0.4, 0.5) is 17.6 Å². The first-order chi connectivity index (χ1) is 19.7. The Kier molecular flexibility index (Phi) is 7.27. The second-order valence-corrected chi connectivity index (χ2v) is 11.7. The van der Waals surface area contributed by atoms with Gasteiger partial charge in [-0.25, -0.2) is 22.8 Å². The standard InChI is InChI=1S/C29H24F4N4O4S/c1-15-20(6-5-9-34-15)28-27(36-17(3)41-28)21-10-18(19-11-23(30)22(14-38)25(12-19)42(4,39)40)7-8-24(21)37-13-26(29(31,32)33)35-16(37)2/h5-13,38H,14H2,1-4H3. The van der Waals surface area contributed by atoms with Crippen LogP contribution >= 0.6 is 0 Å². The molecule has 1 N–H and O–H groups in total. The molecule has 0 aliphatic carbocycles. The average Bonchev–Trinajstić information content (AvgIpc) is 3.50. The van der Waals surface area contributed by atoms with E-state index in [2.05, 4.69) is 15.0 Å². The first-order valence-corrected chi connectivity index (χ1v) is 14.4. The van der Waals surface area contributed by atoms with Gasteiger partial charge < -0.3 is 14.1 Å². The van der Waals surface area contributed by atoms with E-state index in [1.165, 1.54) is 29.7 Å². The molecule has 218 valence electrons. The molecule has 0 aliphatic rings. The number of pyridine rings is 1. The summed E-state index contributed by atoms with van der Waals surface area (Å²) in [5, 5.41) is 9.61. The number of aliphatic hydroxyl groups excluding tert-OH is 1. The molecule has 0 amide bonds. The van der Waals surface area contributed by atoms with Crippen LogP contribution in [-0.4, -0.2) is 39.3 Å². The molecule has 0 atom stereocenters. The fraction of sp³-hybridized carbons (Fsp3) is 0.207. The molecule has 0 saturated heterocycles. The van der Waals surface area contributed by atoms with Crippen molar-refractivity contribution in [2.45, 2.75) is 38.4 Å². The zero-order chi connectivity index (χ0) is 30.6. The maximum atomic E-state index is 15.0. The molecule has 42 heavy (non-hydrogen) atoms. The van der Waals surface area contributed by atoms with Crippen molar-refractivity contribution in [1.82, 2.24) is 19.5 Å². The van der Waals surface area contributed by atoms with Gasteiger partial charge in [0.15, 0.2) is 27.2 Å². The van der Waals surface area contributed by atoms with E-state index in [9.17, 15) is 26.7 Å². The topological polar surface area (TPSA) is 111 Å². The second-order valence-electron chi connectivity index (χ2n) is 9.69. The van der Waals surface area contributed by atoms with Gasteiger partial charge in [-0.3, -0.25) is 4.98 Å². The Morgan fingerprint density at radius 3 is 2.36 bits per heavy atom. The SMILES string of the molecule is Cc1nc(-c2cc(-c3cc(F)c(CO)c(S(C)(=O)=O)c3)ccc2-n2cc(C(F)(F)F)nc2C)c(-c2cccnc2C)o1. The van der Waals surface area contributed by atoms with E-state index in [-0.39, 0.29) is 39.1 Å². The second kappa shape index (κ2) is 10.5. The number of rotatable bonds is 6. The van der Waals surface area contributed by atoms with E-state index in [0.29, 0.717) is 28.1 Å². The molecule has 5 aromatic rings.